The molecule has 0 saturated heterocycles. The van der Waals surface area contributed by atoms with E-state index in [0.29, 0.717) is 12.0 Å². The standard InChI is InChI=1S/C16H20N2O2S/c1-3-5-14(19)9-17-16(20)13-7-4-6-12(8-13)15-10-21-11(2)18-15/h4,6-8,10,14,19H,3,5,9H2,1-2H3,(H,17,20). The van der Waals surface area contributed by atoms with Crippen molar-refractivity contribution < 1.29 is 9.90 Å². The number of nitrogens with zero attached hydrogens (tertiary/aromatic N) is 1. The first-order valence-electron chi connectivity index (χ1n) is 7.09. The minimum Gasteiger partial charge on any atom is -0.391 e. The maximum atomic E-state index is 12.1. The fourth-order valence-corrected chi connectivity index (χ4v) is 2.69. The number of carbonyl (C=O) groups excluding carboxylic acids is 1. The summed E-state index contributed by atoms with van der Waals surface area (Å²) in [6.07, 6.45) is 1.11. The number of hydrogen-bond acceptors (Lipinski definition) is 4. The van der Waals surface area contributed by atoms with Gasteiger partial charge in [0.2, 0.25) is 0 Å². The van der Waals surface area contributed by atoms with Crippen LogP contribution in [0, 0.1) is 6.92 Å². The Kier molecular flexibility index (Phi) is 5.47. The van der Waals surface area contributed by atoms with Crippen molar-refractivity contribution in [3.05, 3.63) is 40.2 Å². The summed E-state index contributed by atoms with van der Waals surface area (Å²) < 4.78 is 0. The zero-order chi connectivity index (χ0) is 15.2. The average molecular weight is 304 g/mol. The molecule has 0 aliphatic rings. The molecule has 5 heteroatoms. The molecule has 1 unspecified atom stereocenters. The second-order valence-electron chi connectivity index (χ2n) is 4.99. The van der Waals surface area contributed by atoms with Crippen molar-refractivity contribution in [2.75, 3.05) is 6.54 Å². The third kappa shape index (κ3) is 4.37. The number of rotatable bonds is 6. The van der Waals surface area contributed by atoms with Crippen LogP contribution in [0.4, 0.5) is 0 Å². The molecule has 0 saturated carbocycles. The molecular formula is C16H20N2O2S. The van der Waals surface area contributed by atoms with Gasteiger partial charge in [-0.25, -0.2) is 4.98 Å². The van der Waals surface area contributed by atoms with Crippen molar-refractivity contribution in [2.45, 2.75) is 32.8 Å². The minimum atomic E-state index is -0.483. The number of aromatic nitrogens is 1. The topological polar surface area (TPSA) is 62.2 Å². The Hall–Kier alpha value is -1.72. The van der Waals surface area contributed by atoms with Crippen LogP contribution in [0.15, 0.2) is 29.6 Å². The van der Waals surface area contributed by atoms with Crippen LogP contribution in [0.25, 0.3) is 11.3 Å². The molecule has 1 amide bonds. The molecule has 0 bridgehead atoms. The fraction of sp³-hybridized carbons (Fsp3) is 0.375. The number of carbonyl (C=O) groups is 1. The summed E-state index contributed by atoms with van der Waals surface area (Å²) in [7, 11) is 0. The summed E-state index contributed by atoms with van der Waals surface area (Å²) in [5.41, 5.74) is 2.40. The number of thiazole rings is 1. The van der Waals surface area contributed by atoms with Crippen LogP contribution < -0.4 is 5.32 Å². The second kappa shape index (κ2) is 7.33. The number of hydrogen-bond donors (Lipinski definition) is 2. The first-order chi connectivity index (χ1) is 10.1. The molecule has 21 heavy (non-hydrogen) atoms. The van der Waals surface area contributed by atoms with Gasteiger partial charge in [-0.3, -0.25) is 4.79 Å². The van der Waals surface area contributed by atoms with E-state index in [9.17, 15) is 9.90 Å². The van der Waals surface area contributed by atoms with Crippen molar-refractivity contribution in [3.8, 4) is 11.3 Å². The Morgan fingerprint density at radius 3 is 2.95 bits per heavy atom. The van der Waals surface area contributed by atoms with Gasteiger partial charge in [0, 0.05) is 23.1 Å². The summed E-state index contributed by atoms with van der Waals surface area (Å²) in [6.45, 7) is 4.25. The molecular weight excluding hydrogens is 284 g/mol. The first-order valence-corrected chi connectivity index (χ1v) is 7.97. The molecule has 1 heterocycles. The molecule has 4 nitrogen and oxygen atoms in total. The molecule has 0 aliphatic carbocycles. The highest BCUT2D eigenvalue weighted by atomic mass is 32.1. The molecule has 2 N–H and O–H groups in total. The van der Waals surface area contributed by atoms with Crippen molar-refractivity contribution in [1.29, 1.82) is 0 Å². The van der Waals surface area contributed by atoms with E-state index in [2.05, 4.69) is 10.3 Å². The molecule has 2 rings (SSSR count). The molecule has 1 atom stereocenters. The first kappa shape index (κ1) is 15.7. The van der Waals surface area contributed by atoms with Gasteiger partial charge in [0.05, 0.1) is 16.8 Å². The Morgan fingerprint density at radius 2 is 2.29 bits per heavy atom. The fourth-order valence-electron chi connectivity index (χ4n) is 2.06. The molecule has 0 spiro atoms. The summed E-state index contributed by atoms with van der Waals surface area (Å²) in [5, 5.41) is 15.4. The number of amides is 1. The monoisotopic (exact) mass is 304 g/mol. The summed E-state index contributed by atoms with van der Waals surface area (Å²) in [4.78, 5) is 16.5. The SMILES string of the molecule is CCCC(O)CNC(=O)c1cccc(-c2csc(C)n2)c1. The van der Waals surface area contributed by atoms with Crippen LogP contribution in [0.1, 0.15) is 35.1 Å². The van der Waals surface area contributed by atoms with Gasteiger partial charge in [0.25, 0.3) is 5.91 Å². The Balaban J connectivity index is 2.05. The quantitative estimate of drug-likeness (QED) is 0.862. The largest absolute Gasteiger partial charge is 0.391 e. The summed E-state index contributed by atoms with van der Waals surface area (Å²) in [6, 6.07) is 7.39. The molecule has 0 radical (unpaired) electrons. The number of nitrogens with one attached hydrogen (secondary N) is 1. The van der Waals surface area contributed by atoms with Crippen LogP contribution in [0.2, 0.25) is 0 Å². The van der Waals surface area contributed by atoms with E-state index >= 15 is 0 Å². The lowest BCUT2D eigenvalue weighted by atomic mass is 10.1. The zero-order valence-corrected chi connectivity index (χ0v) is 13.1. The summed E-state index contributed by atoms with van der Waals surface area (Å²) >= 11 is 1.59. The predicted molar refractivity (Wildman–Crippen MR) is 85.5 cm³/mol. The van der Waals surface area contributed by atoms with Crippen LogP contribution in [-0.2, 0) is 0 Å². The maximum absolute atomic E-state index is 12.1. The highest BCUT2D eigenvalue weighted by Gasteiger charge is 2.10. The van der Waals surface area contributed by atoms with Crippen LogP contribution in [0.5, 0.6) is 0 Å². The van der Waals surface area contributed by atoms with Gasteiger partial charge in [-0.2, -0.15) is 0 Å². The van der Waals surface area contributed by atoms with Crippen molar-refractivity contribution in [2.24, 2.45) is 0 Å². The van der Waals surface area contributed by atoms with E-state index in [1.54, 1.807) is 17.4 Å². The summed E-state index contributed by atoms with van der Waals surface area (Å²) in [5.74, 6) is -0.168. The third-order valence-electron chi connectivity index (χ3n) is 3.16. The molecule has 2 aromatic rings. The van der Waals surface area contributed by atoms with Gasteiger partial charge in [-0.15, -0.1) is 11.3 Å². The van der Waals surface area contributed by atoms with E-state index in [1.807, 2.05) is 37.4 Å². The van der Waals surface area contributed by atoms with Gasteiger partial charge in [0.15, 0.2) is 0 Å². The minimum absolute atomic E-state index is 0.168. The Morgan fingerprint density at radius 1 is 1.48 bits per heavy atom. The van der Waals surface area contributed by atoms with E-state index in [0.717, 1.165) is 22.7 Å². The molecule has 112 valence electrons. The molecule has 0 aliphatic heterocycles. The predicted octanol–water partition coefficient (Wildman–Crippen LogP) is 3.01. The van der Waals surface area contributed by atoms with Crippen LogP contribution in [0.3, 0.4) is 0 Å². The van der Waals surface area contributed by atoms with Crippen molar-refractivity contribution >= 4 is 17.2 Å². The van der Waals surface area contributed by atoms with Gasteiger partial charge in [0.1, 0.15) is 0 Å². The lowest BCUT2D eigenvalue weighted by molar-refractivity contribution is 0.0910. The lowest BCUT2D eigenvalue weighted by Gasteiger charge is -2.11. The Bertz CT molecular complexity index is 610. The van der Waals surface area contributed by atoms with Gasteiger partial charge in [-0.1, -0.05) is 25.5 Å². The van der Waals surface area contributed by atoms with Crippen molar-refractivity contribution in [3.63, 3.8) is 0 Å². The highest BCUT2D eigenvalue weighted by molar-refractivity contribution is 7.09. The van der Waals surface area contributed by atoms with Gasteiger partial charge >= 0.3 is 0 Å². The maximum Gasteiger partial charge on any atom is 0.251 e. The molecule has 1 aromatic carbocycles. The highest BCUT2D eigenvalue weighted by Crippen LogP contribution is 2.22. The normalized spacial score (nSPS) is 12.1. The zero-order valence-electron chi connectivity index (χ0n) is 12.3. The van der Waals surface area contributed by atoms with E-state index < -0.39 is 6.10 Å². The number of aliphatic hydroxyl groups is 1. The van der Waals surface area contributed by atoms with E-state index in [-0.39, 0.29) is 12.5 Å². The second-order valence-corrected chi connectivity index (χ2v) is 6.05. The van der Waals surface area contributed by atoms with Gasteiger partial charge < -0.3 is 10.4 Å². The van der Waals surface area contributed by atoms with E-state index in [1.165, 1.54) is 0 Å². The van der Waals surface area contributed by atoms with Crippen LogP contribution >= 0.6 is 11.3 Å². The van der Waals surface area contributed by atoms with Crippen molar-refractivity contribution in [1.82, 2.24) is 10.3 Å². The molecule has 0 fully saturated rings. The number of aliphatic hydroxyl groups excluding tert-OH is 1. The molecule has 1 aromatic heterocycles. The van der Waals surface area contributed by atoms with Gasteiger partial charge in [-0.05, 0) is 25.5 Å². The number of benzene rings is 1. The van der Waals surface area contributed by atoms with Crippen LogP contribution in [-0.4, -0.2) is 28.6 Å². The smallest absolute Gasteiger partial charge is 0.251 e. The Labute approximate surface area is 128 Å². The lowest BCUT2D eigenvalue weighted by Crippen LogP contribution is -2.31. The van der Waals surface area contributed by atoms with E-state index in [4.69, 9.17) is 0 Å². The number of aryl methyl sites for hydroxylation is 1. The average Bonchev–Trinajstić information content (AvgIpc) is 2.92. The third-order valence-corrected chi connectivity index (χ3v) is 3.93.